The van der Waals surface area contributed by atoms with Crippen molar-refractivity contribution in [3.05, 3.63) is 24.9 Å². The molecule has 9 heavy (non-hydrogen) atoms. The molecule has 50 valence electrons. The van der Waals surface area contributed by atoms with Crippen LogP contribution in [0.3, 0.4) is 0 Å². The highest BCUT2D eigenvalue weighted by Crippen LogP contribution is 1.93. The van der Waals surface area contributed by atoms with E-state index in [2.05, 4.69) is 18.2 Å². The van der Waals surface area contributed by atoms with E-state index in [0.29, 0.717) is 0 Å². The Morgan fingerprint density at radius 1 is 1.78 bits per heavy atom. The fourth-order valence-corrected chi connectivity index (χ4v) is 0.256. The summed E-state index contributed by atoms with van der Waals surface area (Å²) < 4.78 is 12.3. The van der Waals surface area contributed by atoms with E-state index in [1.165, 1.54) is 0 Å². The maximum absolute atomic E-state index is 12.3. The Morgan fingerprint density at radius 3 is 2.67 bits per heavy atom. The van der Waals surface area contributed by atoms with E-state index in [-0.39, 0.29) is 12.1 Å². The van der Waals surface area contributed by atoms with E-state index >= 15 is 0 Å². The Morgan fingerprint density at radius 2 is 2.33 bits per heavy atom. The first kappa shape index (κ1) is 8.04. The quantitative estimate of drug-likeness (QED) is 0.566. The molecule has 0 unspecified atom stereocenters. The van der Waals surface area contributed by atoms with Gasteiger partial charge in [0.2, 0.25) is 5.97 Å². The minimum Gasteiger partial charge on any atom is -0.326 e. The van der Waals surface area contributed by atoms with Gasteiger partial charge in [0.1, 0.15) is 0 Å². The molecule has 0 aliphatic carbocycles. The first-order valence-electron chi connectivity index (χ1n) is 2.44. The number of hydrogen-bond donors (Lipinski definition) is 1. The molecule has 0 bridgehead atoms. The molecular formula is C6H9FN2. The van der Waals surface area contributed by atoms with E-state index in [1.54, 1.807) is 0 Å². The summed E-state index contributed by atoms with van der Waals surface area (Å²) in [6.45, 7) is 6.61. The third kappa shape index (κ3) is 2.77. The molecule has 0 fully saturated rings. The second kappa shape index (κ2) is 3.97. The minimum absolute atomic E-state index is 0.0865. The van der Waals surface area contributed by atoms with Crippen molar-refractivity contribution in [2.45, 2.75) is 0 Å². The van der Waals surface area contributed by atoms with Gasteiger partial charge < -0.3 is 5.73 Å². The standard InChI is InChI=1S/C6H9FN2/c1-3-9-6(7)5(2)4-8/h3H,1-2,4,8H2. The van der Waals surface area contributed by atoms with Crippen LogP contribution in [0.5, 0.6) is 0 Å². The summed E-state index contributed by atoms with van der Waals surface area (Å²) in [5.41, 5.74) is 5.24. The van der Waals surface area contributed by atoms with Gasteiger partial charge >= 0.3 is 0 Å². The number of nitrogens with two attached hydrogens (primary N) is 1. The van der Waals surface area contributed by atoms with Crippen LogP contribution in [0.25, 0.3) is 0 Å². The largest absolute Gasteiger partial charge is 0.326 e. The monoisotopic (exact) mass is 128 g/mol. The van der Waals surface area contributed by atoms with E-state index in [4.69, 9.17) is 5.73 Å². The van der Waals surface area contributed by atoms with Crippen LogP contribution < -0.4 is 5.73 Å². The first-order valence-corrected chi connectivity index (χ1v) is 2.44. The highest BCUT2D eigenvalue weighted by molar-refractivity contribution is 5.92. The number of halogens is 1. The molecule has 2 nitrogen and oxygen atoms in total. The number of nitrogens with zero attached hydrogens (tertiary/aromatic N) is 1. The molecule has 0 spiro atoms. The van der Waals surface area contributed by atoms with Crippen LogP contribution in [0.2, 0.25) is 0 Å². The van der Waals surface area contributed by atoms with Crippen molar-refractivity contribution < 1.29 is 4.39 Å². The van der Waals surface area contributed by atoms with Gasteiger partial charge in [-0.3, -0.25) is 0 Å². The molecule has 0 saturated carbocycles. The number of hydrogen-bond acceptors (Lipinski definition) is 2. The maximum atomic E-state index is 12.3. The summed E-state index contributed by atoms with van der Waals surface area (Å²) in [6, 6.07) is 0. The van der Waals surface area contributed by atoms with Crippen LogP contribution in [0.4, 0.5) is 4.39 Å². The van der Waals surface area contributed by atoms with Crippen LogP contribution in [-0.2, 0) is 0 Å². The fraction of sp³-hybridized carbons (Fsp3) is 0.167. The summed E-state index contributed by atoms with van der Waals surface area (Å²) in [6.07, 6.45) is 1.11. The van der Waals surface area contributed by atoms with Gasteiger partial charge in [0.25, 0.3) is 0 Å². The van der Waals surface area contributed by atoms with E-state index in [9.17, 15) is 4.39 Å². The van der Waals surface area contributed by atoms with Crippen molar-refractivity contribution in [3.63, 3.8) is 0 Å². The van der Waals surface area contributed by atoms with Gasteiger partial charge in [-0.25, -0.2) is 4.99 Å². The molecule has 0 aliphatic rings. The maximum Gasteiger partial charge on any atom is 0.216 e. The summed E-state index contributed by atoms with van der Waals surface area (Å²) in [4.78, 5) is 3.23. The van der Waals surface area contributed by atoms with Gasteiger partial charge in [0.15, 0.2) is 0 Å². The van der Waals surface area contributed by atoms with E-state index in [1.807, 2.05) is 0 Å². The molecule has 0 aromatic rings. The zero-order chi connectivity index (χ0) is 7.28. The van der Waals surface area contributed by atoms with Gasteiger partial charge in [-0.1, -0.05) is 13.2 Å². The second-order valence-corrected chi connectivity index (χ2v) is 1.41. The van der Waals surface area contributed by atoms with Crippen LogP contribution in [0, 0.1) is 0 Å². The summed E-state index contributed by atoms with van der Waals surface area (Å²) in [5.74, 6) is -0.646. The predicted molar refractivity (Wildman–Crippen MR) is 36.9 cm³/mol. The molecule has 0 aromatic heterocycles. The lowest BCUT2D eigenvalue weighted by molar-refractivity contribution is 0.799. The molecule has 0 aromatic carbocycles. The molecule has 0 amide bonds. The molecule has 0 atom stereocenters. The van der Waals surface area contributed by atoms with Gasteiger partial charge in [0.05, 0.1) is 0 Å². The Hall–Kier alpha value is -0.960. The van der Waals surface area contributed by atoms with Crippen molar-refractivity contribution in [2.24, 2.45) is 10.7 Å². The average Bonchev–Trinajstić information content (AvgIpc) is 1.87. The molecule has 0 heterocycles. The topological polar surface area (TPSA) is 38.4 Å². The summed E-state index contributed by atoms with van der Waals surface area (Å²) >= 11 is 0. The normalized spacial score (nSPS) is 11.1. The minimum atomic E-state index is -0.646. The highest BCUT2D eigenvalue weighted by atomic mass is 19.1. The smallest absolute Gasteiger partial charge is 0.216 e. The number of rotatable bonds is 3. The Bertz CT molecular complexity index is 149. The van der Waals surface area contributed by atoms with Crippen LogP contribution >= 0.6 is 0 Å². The molecule has 0 aliphatic heterocycles. The van der Waals surface area contributed by atoms with Crippen molar-refractivity contribution in [3.8, 4) is 0 Å². The van der Waals surface area contributed by atoms with Crippen molar-refractivity contribution >= 4 is 5.97 Å². The van der Waals surface area contributed by atoms with Crippen LogP contribution in [-0.4, -0.2) is 12.5 Å². The van der Waals surface area contributed by atoms with Gasteiger partial charge in [0, 0.05) is 18.3 Å². The second-order valence-electron chi connectivity index (χ2n) is 1.41. The van der Waals surface area contributed by atoms with Crippen molar-refractivity contribution in [1.29, 1.82) is 0 Å². The lowest BCUT2D eigenvalue weighted by Gasteiger charge is -1.92. The molecule has 3 heteroatoms. The van der Waals surface area contributed by atoms with Crippen molar-refractivity contribution in [1.82, 2.24) is 0 Å². The average molecular weight is 128 g/mol. The van der Waals surface area contributed by atoms with Crippen molar-refractivity contribution in [2.75, 3.05) is 6.54 Å². The fourth-order valence-electron chi connectivity index (χ4n) is 0.256. The molecular weight excluding hydrogens is 119 g/mol. The molecule has 2 N–H and O–H groups in total. The zero-order valence-corrected chi connectivity index (χ0v) is 5.10. The third-order valence-electron chi connectivity index (χ3n) is 0.743. The predicted octanol–water partition coefficient (Wildman–Crippen LogP) is 1.01. The lowest BCUT2D eigenvalue weighted by Crippen LogP contribution is -2.07. The highest BCUT2D eigenvalue weighted by Gasteiger charge is 1.96. The van der Waals surface area contributed by atoms with E-state index in [0.717, 1.165) is 6.20 Å². The van der Waals surface area contributed by atoms with Crippen LogP contribution in [0.1, 0.15) is 0 Å². The summed E-state index contributed by atoms with van der Waals surface area (Å²) in [5, 5.41) is 0. The number of aliphatic imine (C=N–C) groups is 1. The Labute approximate surface area is 53.6 Å². The Kier molecular flexibility index (Phi) is 3.55. The van der Waals surface area contributed by atoms with E-state index < -0.39 is 5.97 Å². The van der Waals surface area contributed by atoms with Gasteiger partial charge in [-0.2, -0.15) is 4.39 Å². The van der Waals surface area contributed by atoms with Gasteiger partial charge in [-0.05, 0) is 0 Å². The third-order valence-corrected chi connectivity index (χ3v) is 0.743. The molecule has 0 saturated heterocycles. The Balaban J connectivity index is 4.01. The van der Waals surface area contributed by atoms with Gasteiger partial charge in [-0.15, -0.1) is 0 Å². The molecule has 0 radical (unpaired) electrons. The summed E-state index contributed by atoms with van der Waals surface area (Å²) in [7, 11) is 0. The SMILES string of the molecule is C=CN=C(F)C(=C)CN. The molecule has 0 rings (SSSR count). The zero-order valence-electron chi connectivity index (χ0n) is 5.10. The lowest BCUT2D eigenvalue weighted by atomic mass is 10.3. The van der Waals surface area contributed by atoms with Crippen LogP contribution in [0.15, 0.2) is 29.9 Å². The first-order chi connectivity index (χ1) is 4.22.